The molecule has 210 valence electrons. The Kier molecular flexibility index (Phi) is 10.6. The molecule has 2 unspecified atom stereocenters. The van der Waals surface area contributed by atoms with Gasteiger partial charge in [-0.2, -0.15) is 0 Å². The third-order valence-corrected chi connectivity index (χ3v) is 7.64. The third kappa shape index (κ3) is 8.33. The highest BCUT2D eigenvalue weighted by atomic mass is 32.2. The van der Waals surface area contributed by atoms with Crippen molar-refractivity contribution >= 4 is 28.0 Å². The predicted octanol–water partition coefficient (Wildman–Crippen LogP) is 5.45. The zero-order valence-corrected chi connectivity index (χ0v) is 24.6. The Balaban J connectivity index is 2.71. The molecule has 0 bridgehead atoms. The molecular weight excluding hydrogens is 509 g/mol. The average molecular weight is 550 g/mol. The van der Waals surface area contributed by atoms with E-state index in [0.717, 1.165) is 10.6 Å². The van der Waals surface area contributed by atoms with Gasteiger partial charge in [-0.05, 0) is 47.9 Å². The predicted molar refractivity (Wildman–Crippen MR) is 149 cm³/mol. The summed E-state index contributed by atoms with van der Waals surface area (Å²) in [4.78, 5) is 21.1. The van der Waals surface area contributed by atoms with Gasteiger partial charge in [0.2, 0.25) is 16.0 Å². The summed E-state index contributed by atoms with van der Waals surface area (Å²) in [6.45, 7) is 10.3. The van der Waals surface area contributed by atoms with Crippen LogP contribution in [-0.4, -0.2) is 58.0 Å². The summed E-state index contributed by atoms with van der Waals surface area (Å²) in [5, 5.41) is 0. The largest absolute Gasteiger partial charge is 0.469 e. The number of ether oxygens (including phenoxy) is 2. The summed E-state index contributed by atoms with van der Waals surface area (Å²) in [5.74, 6) is -0.758. The van der Waals surface area contributed by atoms with E-state index in [9.17, 15) is 17.6 Å². The van der Waals surface area contributed by atoms with Crippen LogP contribution in [0.3, 0.4) is 0 Å². The highest BCUT2D eigenvalue weighted by molar-refractivity contribution is 7.92. The van der Waals surface area contributed by atoms with Crippen LogP contribution in [0.15, 0.2) is 30.3 Å². The van der Waals surface area contributed by atoms with Crippen molar-refractivity contribution in [3.05, 3.63) is 47.4 Å². The number of hydrogen-bond donors (Lipinski definition) is 0. The molecule has 0 aliphatic heterocycles. The summed E-state index contributed by atoms with van der Waals surface area (Å²) >= 11 is 0. The number of carbonyl (C=O) groups excluding carboxylic acids is 1. The molecule has 10 heteroatoms. The van der Waals surface area contributed by atoms with Crippen molar-refractivity contribution in [1.82, 2.24) is 9.97 Å². The lowest BCUT2D eigenvalue weighted by Gasteiger charge is -2.31. The van der Waals surface area contributed by atoms with Crippen molar-refractivity contribution in [1.29, 1.82) is 0 Å². The first-order valence-corrected chi connectivity index (χ1v) is 14.3. The fourth-order valence-electron chi connectivity index (χ4n) is 3.94. The zero-order chi connectivity index (χ0) is 28.8. The lowest BCUT2D eigenvalue weighted by Crippen LogP contribution is -2.28. The highest BCUT2D eigenvalue weighted by Gasteiger charge is 2.28. The summed E-state index contributed by atoms with van der Waals surface area (Å²) in [7, 11) is 0.719. The number of esters is 1. The number of methoxy groups -OCH3 is 2. The Hall–Kier alpha value is -2.85. The van der Waals surface area contributed by atoms with Crippen molar-refractivity contribution in [2.24, 2.45) is 11.3 Å². The molecule has 2 aromatic rings. The van der Waals surface area contributed by atoms with Crippen LogP contribution in [0.2, 0.25) is 0 Å². The number of halogens is 1. The number of allylic oxidation sites excluding steroid dienone is 1. The SMILES string of the molecule is COC(=O)CC(CC(/C=C/c1c(-c2ccc(F)cc2)nc(N(C)S(C)(=O)=O)nc1C(C)C)C(C)(C)C)OC. The van der Waals surface area contributed by atoms with Crippen molar-refractivity contribution in [2.45, 2.75) is 59.5 Å². The summed E-state index contributed by atoms with van der Waals surface area (Å²) in [5.41, 5.74) is 2.33. The van der Waals surface area contributed by atoms with E-state index >= 15 is 0 Å². The molecule has 0 amide bonds. The van der Waals surface area contributed by atoms with Gasteiger partial charge >= 0.3 is 5.97 Å². The third-order valence-electron chi connectivity index (χ3n) is 6.49. The first-order chi connectivity index (χ1) is 17.6. The van der Waals surface area contributed by atoms with Crippen LogP contribution < -0.4 is 4.31 Å². The number of anilines is 1. The quantitative estimate of drug-likeness (QED) is 0.344. The molecule has 2 atom stereocenters. The minimum Gasteiger partial charge on any atom is -0.469 e. The Labute approximate surface area is 226 Å². The summed E-state index contributed by atoms with van der Waals surface area (Å²) < 4.78 is 49.8. The van der Waals surface area contributed by atoms with Crippen LogP contribution in [0.4, 0.5) is 10.3 Å². The van der Waals surface area contributed by atoms with E-state index in [1.807, 2.05) is 19.9 Å². The van der Waals surface area contributed by atoms with E-state index in [0.29, 0.717) is 28.9 Å². The minimum atomic E-state index is -3.61. The van der Waals surface area contributed by atoms with Gasteiger partial charge in [0.25, 0.3) is 0 Å². The summed E-state index contributed by atoms with van der Waals surface area (Å²) in [6, 6.07) is 5.91. The van der Waals surface area contributed by atoms with Crippen LogP contribution in [0.25, 0.3) is 17.3 Å². The number of carbonyl (C=O) groups is 1. The Morgan fingerprint density at radius 2 is 1.74 bits per heavy atom. The molecule has 38 heavy (non-hydrogen) atoms. The second-order valence-corrected chi connectivity index (χ2v) is 12.8. The molecule has 2 rings (SSSR count). The van der Waals surface area contributed by atoms with Gasteiger partial charge in [-0.15, -0.1) is 0 Å². The highest BCUT2D eigenvalue weighted by Crippen LogP contribution is 2.36. The number of sulfonamides is 1. The van der Waals surface area contributed by atoms with Crippen LogP contribution in [0.5, 0.6) is 0 Å². The molecule has 1 heterocycles. The second-order valence-electron chi connectivity index (χ2n) is 10.8. The van der Waals surface area contributed by atoms with E-state index < -0.39 is 10.0 Å². The second kappa shape index (κ2) is 12.8. The monoisotopic (exact) mass is 549 g/mol. The Morgan fingerprint density at radius 3 is 2.21 bits per heavy atom. The number of benzene rings is 1. The van der Waals surface area contributed by atoms with Gasteiger partial charge in [0.1, 0.15) is 5.82 Å². The van der Waals surface area contributed by atoms with Gasteiger partial charge in [-0.3, -0.25) is 4.79 Å². The molecule has 0 aliphatic carbocycles. The number of nitrogens with zero attached hydrogens (tertiary/aromatic N) is 3. The molecule has 0 aliphatic rings. The average Bonchev–Trinajstić information content (AvgIpc) is 2.83. The minimum absolute atomic E-state index is 0.00319. The molecular formula is C28H40FN3O5S. The van der Waals surface area contributed by atoms with Crippen molar-refractivity contribution in [2.75, 3.05) is 31.8 Å². The smallest absolute Gasteiger partial charge is 0.308 e. The van der Waals surface area contributed by atoms with E-state index in [1.165, 1.54) is 26.3 Å². The fraction of sp³-hybridized carbons (Fsp3) is 0.536. The lowest BCUT2D eigenvalue weighted by molar-refractivity contribution is -0.143. The molecule has 1 aromatic carbocycles. The fourth-order valence-corrected chi connectivity index (χ4v) is 4.32. The molecule has 0 N–H and O–H groups in total. The molecule has 0 saturated heterocycles. The van der Waals surface area contributed by atoms with E-state index in [1.54, 1.807) is 19.2 Å². The molecule has 0 saturated carbocycles. The summed E-state index contributed by atoms with van der Waals surface area (Å²) in [6.07, 6.45) is 5.47. The Morgan fingerprint density at radius 1 is 1.13 bits per heavy atom. The molecule has 0 radical (unpaired) electrons. The number of rotatable bonds is 11. The van der Waals surface area contributed by atoms with Crippen LogP contribution in [0.1, 0.15) is 64.6 Å². The van der Waals surface area contributed by atoms with Crippen molar-refractivity contribution < 1.29 is 27.1 Å². The van der Waals surface area contributed by atoms with E-state index in [4.69, 9.17) is 9.47 Å². The van der Waals surface area contributed by atoms with Gasteiger partial charge in [0, 0.05) is 25.3 Å². The first-order valence-electron chi connectivity index (χ1n) is 12.5. The van der Waals surface area contributed by atoms with Gasteiger partial charge in [-0.1, -0.05) is 46.8 Å². The molecule has 0 fully saturated rings. The van der Waals surface area contributed by atoms with E-state index in [-0.39, 0.29) is 47.5 Å². The van der Waals surface area contributed by atoms with Gasteiger partial charge < -0.3 is 9.47 Å². The van der Waals surface area contributed by atoms with Crippen molar-refractivity contribution in [3.8, 4) is 11.3 Å². The maximum atomic E-state index is 13.8. The Bertz CT molecular complexity index is 1240. The topological polar surface area (TPSA) is 98.7 Å². The maximum absolute atomic E-state index is 13.8. The lowest BCUT2D eigenvalue weighted by atomic mass is 9.76. The molecule has 0 spiro atoms. The van der Waals surface area contributed by atoms with E-state index in [2.05, 4.69) is 36.8 Å². The van der Waals surface area contributed by atoms with Crippen LogP contribution in [-0.2, 0) is 24.3 Å². The van der Waals surface area contributed by atoms with Crippen LogP contribution >= 0.6 is 0 Å². The van der Waals surface area contributed by atoms with Gasteiger partial charge in [-0.25, -0.2) is 27.1 Å². The zero-order valence-electron chi connectivity index (χ0n) is 23.8. The van der Waals surface area contributed by atoms with Crippen molar-refractivity contribution in [3.63, 3.8) is 0 Å². The maximum Gasteiger partial charge on any atom is 0.308 e. The molecule has 8 nitrogen and oxygen atoms in total. The normalized spacial score (nSPS) is 14.1. The first kappa shape index (κ1) is 31.4. The number of aromatic nitrogens is 2. The van der Waals surface area contributed by atoms with Crippen LogP contribution in [0, 0.1) is 17.2 Å². The number of hydrogen-bond acceptors (Lipinski definition) is 7. The molecule has 1 aromatic heterocycles. The van der Waals surface area contributed by atoms with Gasteiger partial charge in [0.15, 0.2) is 0 Å². The van der Waals surface area contributed by atoms with Gasteiger partial charge in [0.05, 0.1) is 37.3 Å². The standard InChI is InChI=1S/C28H40FN3O5S/c1-18(2)25-23(15-12-20(28(3,4)5)16-22(36-7)17-24(33)37-8)26(19-10-13-21(29)14-11-19)31-27(30-25)32(6)38(9,34)35/h10-15,18,20,22H,16-17H2,1-9H3/b15-12+.